The molecule has 0 unspecified atom stereocenters. The lowest BCUT2D eigenvalue weighted by Crippen LogP contribution is -2.33. The van der Waals surface area contributed by atoms with Crippen molar-refractivity contribution in [2.24, 2.45) is 0 Å². The van der Waals surface area contributed by atoms with Gasteiger partial charge in [0.25, 0.3) is 5.91 Å². The molecule has 2 heterocycles. The van der Waals surface area contributed by atoms with Crippen molar-refractivity contribution < 1.29 is 4.79 Å². The monoisotopic (exact) mass is 400 g/mol. The largest absolute Gasteiger partial charge is 0.338 e. The summed E-state index contributed by atoms with van der Waals surface area (Å²) in [6.07, 6.45) is 7.19. The van der Waals surface area contributed by atoms with Crippen LogP contribution in [0.3, 0.4) is 0 Å². The van der Waals surface area contributed by atoms with E-state index in [1.165, 1.54) is 4.80 Å². The fourth-order valence-electron chi connectivity index (χ4n) is 2.46. The molecule has 7 nitrogen and oxygen atoms in total. The first kappa shape index (κ1) is 17.2. The van der Waals surface area contributed by atoms with E-state index in [9.17, 15) is 4.79 Å². The quantitative estimate of drug-likeness (QED) is 0.635. The number of carbonyl (C=O) groups excluding carboxylic acids is 1. The number of likely N-dealkylation sites (N-methyl/N-ethyl adjacent to an activating group) is 1. The number of hydrogen-bond acceptors (Lipinski definition) is 5. The van der Waals surface area contributed by atoms with Crippen molar-refractivity contribution in [3.8, 4) is 5.69 Å². The first-order valence-electron chi connectivity index (χ1n) is 7.90. The molecule has 1 aromatic carbocycles. The Labute approximate surface area is 153 Å². The first-order chi connectivity index (χ1) is 12.2. The fourth-order valence-corrected chi connectivity index (χ4v) is 2.67. The van der Waals surface area contributed by atoms with Crippen LogP contribution in [0.25, 0.3) is 5.69 Å². The number of nitrogens with zero attached hydrogens (tertiary/aromatic N) is 6. The minimum Gasteiger partial charge on any atom is -0.338 e. The number of aromatic nitrogens is 5. The van der Waals surface area contributed by atoms with E-state index in [2.05, 4.69) is 36.1 Å². The van der Waals surface area contributed by atoms with E-state index in [-0.39, 0.29) is 5.91 Å². The Balaban J connectivity index is 1.77. The van der Waals surface area contributed by atoms with Crippen molar-refractivity contribution in [3.05, 3.63) is 64.9 Å². The van der Waals surface area contributed by atoms with Crippen LogP contribution in [0.15, 0.2) is 53.7 Å². The summed E-state index contributed by atoms with van der Waals surface area (Å²) in [6, 6.07) is 7.34. The highest BCUT2D eigenvalue weighted by molar-refractivity contribution is 9.10. The Kier molecular flexibility index (Phi) is 5.49. The maximum atomic E-state index is 13.0. The number of halogens is 1. The van der Waals surface area contributed by atoms with Gasteiger partial charge in [0.15, 0.2) is 0 Å². The van der Waals surface area contributed by atoms with Crippen LogP contribution in [0.4, 0.5) is 0 Å². The molecule has 0 radical (unpaired) electrons. The molecule has 0 spiro atoms. The van der Waals surface area contributed by atoms with Gasteiger partial charge >= 0.3 is 0 Å². The molecule has 0 saturated heterocycles. The van der Waals surface area contributed by atoms with E-state index >= 15 is 0 Å². The van der Waals surface area contributed by atoms with Crippen molar-refractivity contribution in [3.63, 3.8) is 0 Å². The van der Waals surface area contributed by atoms with Gasteiger partial charge in [0.1, 0.15) is 4.60 Å². The smallest absolute Gasteiger partial charge is 0.256 e. The first-order valence-corrected chi connectivity index (χ1v) is 8.69. The molecule has 0 aliphatic rings. The molecule has 0 fully saturated rings. The summed E-state index contributed by atoms with van der Waals surface area (Å²) in [5, 5.41) is 8.26. The van der Waals surface area contributed by atoms with Crippen LogP contribution in [0.1, 0.15) is 23.0 Å². The highest BCUT2D eigenvalue weighted by Crippen LogP contribution is 2.15. The number of carbonyl (C=O) groups is 1. The summed E-state index contributed by atoms with van der Waals surface area (Å²) in [5.41, 5.74) is 2.08. The molecule has 8 heteroatoms. The van der Waals surface area contributed by atoms with Crippen LogP contribution in [-0.2, 0) is 6.42 Å². The van der Waals surface area contributed by atoms with E-state index in [1.807, 2.05) is 25.1 Å². The average Bonchev–Trinajstić information content (AvgIpc) is 3.18. The Bertz CT molecular complexity index is 835. The zero-order chi connectivity index (χ0) is 17.6. The third-order valence-corrected chi connectivity index (χ3v) is 4.16. The number of para-hydroxylation sites is 1. The highest BCUT2D eigenvalue weighted by atomic mass is 79.9. The number of benzene rings is 1. The normalized spacial score (nSPS) is 10.6. The fraction of sp³-hybridized carbons (Fsp3) is 0.235. The minimum atomic E-state index is -0.0551. The molecule has 3 rings (SSSR count). The molecule has 3 aromatic rings. The Morgan fingerprint density at radius 1 is 1.16 bits per heavy atom. The second-order valence-corrected chi connectivity index (χ2v) is 6.11. The number of amides is 1. The SMILES string of the molecule is CCN(CCc1cnc(Br)cn1)C(=O)c1ccccc1-n1nccn1. The van der Waals surface area contributed by atoms with Gasteiger partial charge in [-0.15, -0.1) is 0 Å². The van der Waals surface area contributed by atoms with Gasteiger partial charge in [-0.3, -0.25) is 9.78 Å². The molecule has 0 saturated carbocycles. The van der Waals surface area contributed by atoms with Gasteiger partial charge in [-0.2, -0.15) is 15.0 Å². The summed E-state index contributed by atoms with van der Waals surface area (Å²) in [5.74, 6) is -0.0551. The third kappa shape index (κ3) is 4.08. The van der Waals surface area contributed by atoms with Crippen LogP contribution in [0, 0.1) is 0 Å². The summed E-state index contributed by atoms with van der Waals surface area (Å²) < 4.78 is 0.695. The lowest BCUT2D eigenvalue weighted by atomic mass is 10.1. The van der Waals surface area contributed by atoms with E-state index in [1.54, 1.807) is 35.8 Å². The van der Waals surface area contributed by atoms with Gasteiger partial charge in [-0.25, -0.2) is 4.98 Å². The predicted molar refractivity (Wildman–Crippen MR) is 96.4 cm³/mol. The molecule has 25 heavy (non-hydrogen) atoms. The third-order valence-electron chi connectivity index (χ3n) is 3.75. The van der Waals surface area contributed by atoms with Crippen LogP contribution in [-0.4, -0.2) is 48.9 Å². The van der Waals surface area contributed by atoms with Gasteiger partial charge in [0.2, 0.25) is 0 Å². The molecule has 0 atom stereocenters. The number of rotatable bonds is 6. The van der Waals surface area contributed by atoms with Crippen molar-refractivity contribution in [1.82, 2.24) is 29.9 Å². The predicted octanol–water partition coefficient (Wildman–Crippen LogP) is 2.52. The molecule has 0 aliphatic heterocycles. The van der Waals surface area contributed by atoms with Gasteiger partial charge in [-0.05, 0) is 35.0 Å². The molecular weight excluding hydrogens is 384 g/mol. The van der Waals surface area contributed by atoms with Crippen molar-refractivity contribution in [2.45, 2.75) is 13.3 Å². The van der Waals surface area contributed by atoms with Crippen molar-refractivity contribution >= 4 is 21.8 Å². The summed E-state index contributed by atoms with van der Waals surface area (Å²) >= 11 is 3.27. The van der Waals surface area contributed by atoms with Gasteiger partial charge < -0.3 is 4.90 Å². The van der Waals surface area contributed by atoms with Crippen LogP contribution in [0.5, 0.6) is 0 Å². The van der Waals surface area contributed by atoms with Gasteiger partial charge in [-0.1, -0.05) is 12.1 Å². The highest BCUT2D eigenvalue weighted by Gasteiger charge is 2.19. The average molecular weight is 401 g/mol. The summed E-state index contributed by atoms with van der Waals surface area (Å²) in [6.45, 7) is 3.12. The van der Waals surface area contributed by atoms with Crippen LogP contribution in [0.2, 0.25) is 0 Å². The maximum absolute atomic E-state index is 13.0. The molecule has 0 aliphatic carbocycles. The zero-order valence-electron chi connectivity index (χ0n) is 13.7. The lowest BCUT2D eigenvalue weighted by molar-refractivity contribution is 0.0765. The molecular formula is C17H17BrN6O. The van der Waals surface area contributed by atoms with E-state index in [0.29, 0.717) is 35.4 Å². The molecule has 128 valence electrons. The maximum Gasteiger partial charge on any atom is 0.256 e. The zero-order valence-corrected chi connectivity index (χ0v) is 15.3. The van der Waals surface area contributed by atoms with Crippen LogP contribution < -0.4 is 0 Å². The van der Waals surface area contributed by atoms with E-state index in [4.69, 9.17) is 0 Å². The minimum absolute atomic E-state index is 0.0551. The van der Waals surface area contributed by atoms with E-state index < -0.39 is 0 Å². The summed E-state index contributed by atoms with van der Waals surface area (Å²) in [7, 11) is 0. The second kappa shape index (κ2) is 7.98. The Hall–Kier alpha value is -2.61. The molecule has 0 bridgehead atoms. The molecule has 1 amide bonds. The second-order valence-electron chi connectivity index (χ2n) is 5.30. The Morgan fingerprint density at radius 3 is 2.60 bits per heavy atom. The standard InChI is InChI=1S/C17H17BrN6O/c1-2-23(10-7-13-11-20-16(18)12-19-13)17(25)14-5-3-4-6-15(14)24-21-8-9-22-24/h3-6,8-9,11-12H,2,7,10H2,1H3. The molecule has 2 aromatic heterocycles. The topological polar surface area (TPSA) is 76.8 Å². The lowest BCUT2D eigenvalue weighted by Gasteiger charge is -2.22. The van der Waals surface area contributed by atoms with Crippen molar-refractivity contribution in [1.29, 1.82) is 0 Å². The van der Waals surface area contributed by atoms with Gasteiger partial charge in [0.05, 0.1) is 35.5 Å². The molecule has 0 N–H and O–H groups in total. The van der Waals surface area contributed by atoms with Crippen molar-refractivity contribution in [2.75, 3.05) is 13.1 Å². The van der Waals surface area contributed by atoms with Crippen LogP contribution >= 0.6 is 15.9 Å². The number of hydrogen-bond donors (Lipinski definition) is 0. The van der Waals surface area contributed by atoms with E-state index in [0.717, 1.165) is 5.69 Å². The summed E-state index contributed by atoms with van der Waals surface area (Å²) in [4.78, 5) is 24.7. The Morgan fingerprint density at radius 2 is 1.92 bits per heavy atom. The van der Waals surface area contributed by atoms with Gasteiger partial charge in [0, 0.05) is 25.7 Å².